The number of thiophene rings is 1. The van der Waals surface area contributed by atoms with Crippen molar-refractivity contribution in [2.75, 3.05) is 0 Å². The summed E-state index contributed by atoms with van der Waals surface area (Å²) in [5.74, 6) is 0.408. The molecule has 1 amide bonds. The highest BCUT2D eigenvalue weighted by molar-refractivity contribution is 7.10. The summed E-state index contributed by atoms with van der Waals surface area (Å²) in [6.07, 6.45) is 0. The number of nitrogens with zero attached hydrogens (tertiary/aromatic N) is 2. The Morgan fingerprint density at radius 1 is 1.28 bits per heavy atom. The molecule has 6 heteroatoms. The van der Waals surface area contributed by atoms with Crippen LogP contribution in [0.2, 0.25) is 0 Å². The van der Waals surface area contributed by atoms with E-state index in [0.29, 0.717) is 5.82 Å². The maximum Gasteiger partial charge on any atom is 0.240 e. The van der Waals surface area contributed by atoms with E-state index in [1.165, 1.54) is 0 Å². The number of carbonyl (C=O) groups excluding carboxylic acids is 1. The number of aliphatic hydroxyl groups excluding tert-OH is 1. The molecule has 0 saturated carbocycles. The van der Waals surface area contributed by atoms with Gasteiger partial charge in [0.05, 0.1) is 17.1 Å². The van der Waals surface area contributed by atoms with Crippen LogP contribution >= 0.6 is 11.3 Å². The first-order valence-corrected chi connectivity index (χ1v) is 9.16. The topological polar surface area (TPSA) is 67.2 Å². The van der Waals surface area contributed by atoms with E-state index in [9.17, 15) is 9.90 Å². The smallest absolute Gasteiger partial charge is 0.240 e. The first kappa shape index (κ1) is 17.6. The molecule has 0 fully saturated rings. The number of fused-ring (bicyclic) bond motifs is 1. The third kappa shape index (κ3) is 3.75. The van der Waals surface area contributed by atoms with Crippen molar-refractivity contribution in [2.24, 2.45) is 5.41 Å². The van der Waals surface area contributed by atoms with Gasteiger partial charge >= 0.3 is 0 Å². The van der Waals surface area contributed by atoms with E-state index < -0.39 is 0 Å². The van der Waals surface area contributed by atoms with Crippen LogP contribution in [0.1, 0.15) is 37.5 Å². The predicted octanol–water partition coefficient (Wildman–Crippen LogP) is 3.49. The second-order valence-electron chi connectivity index (χ2n) is 7.14. The van der Waals surface area contributed by atoms with Gasteiger partial charge in [0.1, 0.15) is 19.0 Å². The quantitative estimate of drug-likeness (QED) is 0.734. The van der Waals surface area contributed by atoms with Gasteiger partial charge in [0.2, 0.25) is 5.91 Å². The molecule has 1 aromatic carbocycles. The van der Waals surface area contributed by atoms with Gasteiger partial charge in [-0.05, 0) is 29.0 Å². The van der Waals surface area contributed by atoms with E-state index in [-0.39, 0.29) is 30.5 Å². The Kier molecular flexibility index (Phi) is 4.92. The monoisotopic (exact) mass is 357 g/mol. The van der Waals surface area contributed by atoms with E-state index in [4.69, 9.17) is 0 Å². The lowest BCUT2D eigenvalue weighted by Gasteiger charge is -2.31. The molecule has 25 heavy (non-hydrogen) atoms. The minimum atomic E-state index is -0.199. The summed E-state index contributed by atoms with van der Waals surface area (Å²) in [4.78, 5) is 18.3. The van der Waals surface area contributed by atoms with Crippen LogP contribution in [0.3, 0.4) is 0 Å². The summed E-state index contributed by atoms with van der Waals surface area (Å²) in [5.41, 5.74) is 1.53. The van der Waals surface area contributed by atoms with Crippen LogP contribution in [-0.4, -0.2) is 20.6 Å². The molecular formula is C19H23N3O2S. The first-order chi connectivity index (χ1) is 11.9. The Hall–Kier alpha value is -2.18. The molecule has 2 N–H and O–H groups in total. The van der Waals surface area contributed by atoms with E-state index in [2.05, 4.69) is 31.1 Å². The normalized spacial score (nSPS) is 13.1. The standard InChI is InChI=1S/C19H23N3O2S/c1-19(2,3)18(15-9-6-10-25-15)21-17(24)11-22-14-8-5-4-7-13(14)20-16(22)12-23/h4-10,18,23H,11-12H2,1-3H3,(H,21,24). The number of rotatable bonds is 5. The van der Waals surface area contributed by atoms with Crippen molar-refractivity contribution in [3.63, 3.8) is 0 Å². The van der Waals surface area contributed by atoms with Gasteiger partial charge in [0.15, 0.2) is 0 Å². The fourth-order valence-electron chi connectivity index (χ4n) is 2.94. The number of hydrogen-bond acceptors (Lipinski definition) is 4. The van der Waals surface area contributed by atoms with Crippen molar-refractivity contribution < 1.29 is 9.90 Å². The Morgan fingerprint density at radius 2 is 2.04 bits per heavy atom. The number of imidazole rings is 1. The molecule has 0 saturated heterocycles. The van der Waals surface area contributed by atoms with Crippen LogP contribution in [0.15, 0.2) is 41.8 Å². The van der Waals surface area contributed by atoms with Crippen molar-refractivity contribution >= 4 is 28.3 Å². The fourth-order valence-corrected chi connectivity index (χ4v) is 3.96. The maximum absolute atomic E-state index is 12.7. The van der Waals surface area contributed by atoms with Crippen molar-refractivity contribution in [1.29, 1.82) is 0 Å². The van der Waals surface area contributed by atoms with Crippen molar-refractivity contribution in [2.45, 2.75) is 40.0 Å². The summed E-state index contributed by atoms with van der Waals surface area (Å²) in [6, 6.07) is 11.6. The van der Waals surface area contributed by atoms with Gasteiger partial charge in [-0.3, -0.25) is 4.79 Å². The Bertz CT molecular complexity index is 863. The lowest BCUT2D eigenvalue weighted by molar-refractivity contribution is -0.123. The number of hydrogen-bond donors (Lipinski definition) is 2. The lowest BCUT2D eigenvalue weighted by atomic mass is 9.85. The molecule has 0 aliphatic rings. The van der Waals surface area contributed by atoms with Crippen LogP contribution < -0.4 is 5.32 Å². The molecule has 0 bridgehead atoms. The lowest BCUT2D eigenvalue weighted by Crippen LogP contribution is -2.38. The molecule has 3 rings (SSSR count). The molecule has 3 aromatic rings. The highest BCUT2D eigenvalue weighted by atomic mass is 32.1. The predicted molar refractivity (Wildman–Crippen MR) is 100 cm³/mol. The first-order valence-electron chi connectivity index (χ1n) is 8.28. The minimum Gasteiger partial charge on any atom is -0.388 e. The number of benzene rings is 1. The summed E-state index contributed by atoms with van der Waals surface area (Å²) in [6.45, 7) is 6.28. The van der Waals surface area contributed by atoms with E-state index >= 15 is 0 Å². The zero-order valence-corrected chi connectivity index (χ0v) is 15.5. The van der Waals surface area contributed by atoms with Crippen molar-refractivity contribution in [3.05, 3.63) is 52.5 Å². The number of aromatic nitrogens is 2. The zero-order chi connectivity index (χ0) is 18.0. The molecule has 1 atom stereocenters. The second-order valence-corrected chi connectivity index (χ2v) is 8.12. The van der Waals surface area contributed by atoms with E-state index in [1.54, 1.807) is 15.9 Å². The molecule has 2 aromatic heterocycles. The maximum atomic E-state index is 12.7. The summed E-state index contributed by atoms with van der Waals surface area (Å²) in [7, 11) is 0. The van der Waals surface area contributed by atoms with Gasteiger partial charge in [-0.15, -0.1) is 11.3 Å². The van der Waals surface area contributed by atoms with Crippen LogP contribution in [0.4, 0.5) is 0 Å². The number of aliphatic hydroxyl groups is 1. The van der Waals surface area contributed by atoms with E-state index in [1.807, 2.05) is 41.8 Å². The highest BCUT2D eigenvalue weighted by Crippen LogP contribution is 2.35. The SMILES string of the molecule is CC(C)(C)C(NC(=O)Cn1c(CO)nc2ccccc21)c1cccs1. The number of amides is 1. The Labute approximate surface area is 151 Å². The number of para-hydroxylation sites is 2. The van der Waals surface area contributed by atoms with Gasteiger partial charge in [0, 0.05) is 4.88 Å². The number of nitrogens with one attached hydrogen (secondary N) is 1. The number of carbonyl (C=O) groups is 1. The van der Waals surface area contributed by atoms with Gasteiger partial charge in [0.25, 0.3) is 0 Å². The summed E-state index contributed by atoms with van der Waals surface area (Å²) >= 11 is 1.64. The van der Waals surface area contributed by atoms with Gasteiger partial charge in [-0.1, -0.05) is 39.0 Å². The molecule has 0 aliphatic heterocycles. The highest BCUT2D eigenvalue weighted by Gasteiger charge is 2.29. The molecule has 1 unspecified atom stereocenters. The average molecular weight is 357 g/mol. The van der Waals surface area contributed by atoms with Crippen molar-refractivity contribution in [3.8, 4) is 0 Å². The molecule has 0 aliphatic carbocycles. The van der Waals surface area contributed by atoms with Crippen LogP contribution in [0, 0.1) is 5.41 Å². The largest absolute Gasteiger partial charge is 0.388 e. The summed E-state index contributed by atoms with van der Waals surface area (Å²) in [5, 5.41) is 14.8. The molecule has 2 heterocycles. The molecular weight excluding hydrogens is 334 g/mol. The third-order valence-electron chi connectivity index (χ3n) is 4.18. The van der Waals surface area contributed by atoms with Crippen LogP contribution in [-0.2, 0) is 17.9 Å². The molecule has 5 nitrogen and oxygen atoms in total. The second kappa shape index (κ2) is 6.98. The molecule has 0 radical (unpaired) electrons. The average Bonchev–Trinajstić information content (AvgIpc) is 3.20. The van der Waals surface area contributed by atoms with Gasteiger partial charge < -0.3 is 15.0 Å². The van der Waals surface area contributed by atoms with Crippen LogP contribution in [0.25, 0.3) is 11.0 Å². The fraction of sp³-hybridized carbons (Fsp3) is 0.368. The van der Waals surface area contributed by atoms with Crippen LogP contribution in [0.5, 0.6) is 0 Å². The van der Waals surface area contributed by atoms with Crippen molar-refractivity contribution in [1.82, 2.24) is 14.9 Å². The van der Waals surface area contributed by atoms with Gasteiger partial charge in [-0.25, -0.2) is 4.98 Å². The zero-order valence-electron chi connectivity index (χ0n) is 14.7. The molecule has 132 valence electrons. The van der Waals surface area contributed by atoms with E-state index in [0.717, 1.165) is 15.9 Å². The summed E-state index contributed by atoms with van der Waals surface area (Å²) < 4.78 is 1.78. The third-order valence-corrected chi connectivity index (χ3v) is 5.11. The minimum absolute atomic E-state index is 0.0626. The van der Waals surface area contributed by atoms with Gasteiger partial charge in [-0.2, -0.15) is 0 Å². The Morgan fingerprint density at radius 3 is 2.68 bits per heavy atom. The molecule has 0 spiro atoms. The Balaban J connectivity index is 1.85.